The van der Waals surface area contributed by atoms with Crippen molar-refractivity contribution in [3.05, 3.63) is 29.8 Å². The molecule has 24 heavy (non-hydrogen) atoms. The number of hydrogen-bond donors (Lipinski definition) is 1. The van der Waals surface area contributed by atoms with Crippen LogP contribution in [0.1, 0.15) is 38.5 Å². The lowest BCUT2D eigenvalue weighted by molar-refractivity contribution is -0.125. The molecule has 4 aliphatic carbocycles. The number of halogens is 2. The predicted molar refractivity (Wildman–Crippen MR) is 85.5 cm³/mol. The Balaban J connectivity index is 1.28. The van der Waals surface area contributed by atoms with Gasteiger partial charge in [0.15, 0.2) is 18.2 Å². The van der Waals surface area contributed by atoms with Crippen LogP contribution in [0.15, 0.2) is 18.2 Å². The van der Waals surface area contributed by atoms with Gasteiger partial charge in [0, 0.05) is 12.6 Å². The van der Waals surface area contributed by atoms with Gasteiger partial charge in [-0.1, -0.05) is 0 Å². The van der Waals surface area contributed by atoms with Crippen LogP contribution in [0.25, 0.3) is 0 Å². The Labute approximate surface area is 140 Å². The molecule has 0 atom stereocenters. The number of carbonyl (C=O) groups excluding carboxylic acids is 1. The van der Waals surface area contributed by atoms with E-state index in [-0.39, 0.29) is 23.7 Å². The van der Waals surface area contributed by atoms with E-state index in [9.17, 15) is 13.6 Å². The predicted octanol–water partition coefficient (Wildman–Crippen LogP) is 3.68. The first-order chi connectivity index (χ1) is 11.5. The van der Waals surface area contributed by atoms with Crippen LogP contribution in [0.5, 0.6) is 5.75 Å². The van der Waals surface area contributed by atoms with E-state index in [2.05, 4.69) is 5.32 Å². The fraction of sp³-hybridized carbons (Fsp3) is 0.632. The number of rotatable bonds is 5. The van der Waals surface area contributed by atoms with Gasteiger partial charge in [-0.15, -0.1) is 0 Å². The number of nitrogens with one attached hydrogen (secondary N) is 1. The Hall–Kier alpha value is -1.65. The SMILES string of the molecule is O=C(COc1ccc(F)c(F)c1)NCC12CC3CC(CC(C3)C1)C2. The van der Waals surface area contributed by atoms with Gasteiger partial charge in [-0.05, 0) is 73.8 Å². The van der Waals surface area contributed by atoms with E-state index in [0.717, 1.165) is 36.4 Å². The summed E-state index contributed by atoms with van der Waals surface area (Å²) in [5, 5.41) is 3.00. The molecule has 0 spiro atoms. The van der Waals surface area contributed by atoms with Gasteiger partial charge in [0.25, 0.3) is 5.91 Å². The van der Waals surface area contributed by atoms with Crippen LogP contribution in [0, 0.1) is 34.8 Å². The minimum absolute atomic E-state index is 0.166. The van der Waals surface area contributed by atoms with Gasteiger partial charge in [-0.25, -0.2) is 8.78 Å². The zero-order chi connectivity index (χ0) is 16.7. The number of ether oxygens (including phenoxy) is 1. The Bertz CT molecular complexity index is 611. The zero-order valence-corrected chi connectivity index (χ0v) is 13.7. The first kappa shape index (κ1) is 15.9. The molecule has 0 aromatic heterocycles. The molecule has 0 unspecified atom stereocenters. The second-order valence-corrected chi connectivity index (χ2v) is 8.06. The molecular formula is C19H23F2NO2. The average molecular weight is 335 g/mol. The molecule has 1 aromatic carbocycles. The third kappa shape index (κ3) is 3.13. The maximum Gasteiger partial charge on any atom is 0.257 e. The highest BCUT2D eigenvalue weighted by atomic mass is 19.2. The van der Waals surface area contributed by atoms with Gasteiger partial charge in [-0.2, -0.15) is 0 Å². The molecule has 4 bridgehead atoms. The topological polar surface area (TPSA) is 38.3 Å². The minimum atomic E-state index is -0.971. The van der Waals surface area contributed by atoms with Crippen molar-refractivity contribution < 1.29 is 18.3 Å². The van der Waals surface area contributed by atoms with Crippen molar-refractivity contribution in [1.29, 1.82) is 0 Å². The van der Waals surface area contributed by atoms with Crippen molar-refractivity contribution in [1.82, 2.24) is 5.32 Å². The molecule has 3 nitrogen and oxygen atoms in total. The Kier molecular flexibility index (Phi) is 3.97. The maximum atomic E-state index is 13.1. The molecule has 1 aromatic rings. The van der Waals surface area contributed by atoms with Crippen LogP contribution in [0.4, 0.5) is 8.78 Å². The Morgan fingerprint density at radius 2 is 1.71 bits per heavy atom. The molecule has 1 amide bonds. The van der Waals surface area contributed by atoms with Crippen molar-refractivity contribution in [3.63, 3.8) is 0 Å². The standard InChI is InChI=1S/C19H23F2NO2/c20-16-2-1-15(6-17(16)21)24-10-18(23)22-11-19-7-12-3-13(8-19)5-14(4-12)9-19/h1-2,6,12-14H,3-5,7-11H2,(H,22,23). The summed E-state index contributed by atoms with van der Waals surface area (Å²) < 4.78 is 31.2. The normalized spacial score (nSPS) is 33.5. The second-order valence-electron chi connectivity index (χ2n) is 8.06. The lowest BCUT2D eigenvalue weighted by atomic mass is 9.49. The minimum Gasteiger partial charge on any atom is -0.484 e. The van der Waals surface area contributed by atoms with Gasteiger partial charge in [0.1, 0.15) is 5.75 Å². The van der Waals surface area contributed by atoms with Crippen LogP contribution in [-0.4, -0.2) is 19.1 Å². The van der Waals surface area contributed by atoms with Crippen LogP contribution in [-0.2, 0) is 4.79 Å². The lowest BCUT2D eigenvalue weighted by Gasteiger charge is -2.56. The first-order valence-corrected chi connectivity index (χ1v) is 8.86. The molecule has 5 rings (SSSR count). The van der Waals surface area contributed by atoms with E-state index >= 15 is 0 Å². The van der Waals surface area contributed by atoms with Gasteiger partial charge in [0.2, 0.25) is 0 Å². The number of hydrogen-bond acceptors (Lipinski definition) is 2. The molecule has 4 fully saturated rings. The summed E-state index contributed by atoms with van der Waals surface area (Å²) in [5.74, 6) is 0.634. The van der Waals surface area contributed by atoms with Crippen LogP contribution in [0.2, 0.25) is 0 Å². The monoisotopic (exact) mass is 335 g/mol. The second kappa shape index (κ2) is 6.01. The smallest absolute Gasteiger partial charge is 0.257 e. The molecule has 5 heteroatoms. The summed E-state index contributed by atoms with van der Waals surface area (Å²) in [4.78, 5) is 12.1. The molecule has 0 saturated heterocycles. The third-order valence-corrected chi connectivity index (χ3v) is 6.09. The molecule has 0 aliphatic heterocycles. The Morgan fingerprint density at radius 3 is 2.29 bits per heavy atom. The molecule has 0 radical (unpaired) electrons. The van der Waals surface area contributed by atoms with Gasteiger partial charge in [0.05, 0.1) is 0 Å². The van der Waals surface area contributed by atoms with E-state index < -0.39 is 11.6 Å². The third-order valence-electron chi connectivity index (χ3n) is 6.09. The zero-order valence-electron chi connectivity index (χ0n) is 13.7. The molecule has 4 saturated carbocycles. The fourth-order valence-electron chi connectivity index (χ4n) is 5.56. The molecule has 1 N–H and O–H groups in total. The van der Waals surface area contributed by atoms with Crippen molar-refractivity contribution >= 4 is 5.91 Å². The summed E-state index contributed by atoms with van der Waals surface area (Å²) in [6.07, 6.45) is 7.86. The summed E-state index contributed by atoms with van der Waals surface area (Å²) in [5.41, 5.74) is 0.284. The molecule has 4 aliphatic rings. The highest BCUT2D eigenvalue weighted by molar-refractivity contribution is 5.77. The van der Waals surface area contributed by atoms with E-state index in [4.69, 9.17) is 4.74 Å². The van der Waals surface area contributed by atoms with Crippen molar-refractivity contribution in [3.8, 4) is 5.75 Å². The van der Waals surface area contributed by atoms with Crippen LogP contribution < -0.4 is 10.1 Å². The Morgan fingerprint density at radius 1 is 1.08 bits per heavy atom. The summed E-state index contributed by atoms with van der Waals surface area (Å²) >= 11 is 0. The summed E-state index contributed by atoms with van der Waals surface area (Å²) in [6, 6.07) is 3.28. The molecular weight excluding hydrogens is 312 g/mol. The van der Waals surface area contributed by atoms with Crippen LogP contribution >= 0.6 is 0 Å². The van der Waals surface area contributed by atoms with E-state index in [1.165, 1.54) is 44.6 Å². The van der Waals surface area contributed by atoms with E-state index in [1.807, 2.05) is 0 Å². The number of amides is 1. The highest BCUT2D eigenvalue weighted by Gasteiger charge is 2.50. The van der Waals surface area contributed by atoms with Crippen LogP contribution in [0.3, 0.4) is 0 Å². The van der Waals surface area contributed by atoms with E-state index in [1.54, 1.807) is 0 Å². The maximum absolute atomic E-state index is 13.1. The largest absolute Gasteiger partial charge is 0.484 e. The van der Waals surface area contributed by atoms with Crippen molar-refractivity contribution in [2.24, 2.45) is 23.2 Å². The summed E-state index contributed by atoms with van der Waals surface area (Å²) in [7, 11) is 0. The highest BCUT2D eigenvalue weighted by Crippen LogP contribution is 2.59. The first-order valence-electron chi connectivity index (χ1n) is 8.86. The van der Waals surface area contributed by atoms with Crippen molar-refractivity contribution in [2.45, 2.75) is 38.5 Å². The van der Waals surface area contributed by atoms with Gasteiger partial charge >= 0.3 is 0 Å². The van der Waals surface area contributed by atoms with Crippen molar-refractivity contribution in [2.75, 3.05) is 13.2 Å². The quantitative estimate of drug-likeness (QED) is 0.891. The lowest BCUT2D eigenvalue weighted by Crippen LogP contribution is -2.51. The average Bonchev–Trinajstić information content (AvgIpc) is 2.53. The number of benzene rings is 1. The van der Waals surface area contributed by atoms with Gasteiger partial charge in [-0.3, -0.25) is 4.79 Å². The van der Waals surface area contributed by atoms with Gasteiger partial charge < -0.3 is 10.1 Å². The molecule has 130 valence electrons. The fourth-order valence-corrected chi connectivity index (χ4v) is 5.56. The van der Waals surface area contributed by atoms with E-state index in [0.29, 0.717) is 0 Å². The summed E-state index contributed by atoms with van der Waals surface area (Å²) in [6.45, 7) is 0.550. The molecule has 0 heterocycles. The number of carbonyl (C=O) groups is 1.